The van der Waals surface area contributed by atoms with Crippen molar-refractivity contribution >= 4 is 11.9 Å². The number of carbonyl (C=O) groups excluding carboxylic acids is 1. The van der Waals surface area contributed by atoms with Crippen molar-refractivity contribution in [1.82, 2.24) is 19.7 Å². The maximum absolute atomic E-state index is 12.7. The normalized spacial score (nSPS) is 18.2. The molecule has 0 radical (unpaired) electrons. The van der Waals surface area contributed by atoms with Gasteiger partial charge < -0.3 is 14.7 Å². The highest BCUT2D eigenvalue weighted by Crippen LogP contribution is 2.15. The fourth-order valence-electron chi connectivity index (χ4n) is 2.29. The van der Waals surface area contributed by atoms with Crippen molar-refractivity contribution in [1.29, 1.82) is 0 Å². The molecule has 8 heteroatoms. The number of hydrogen-bond donors (Lipinski definition) is 1. The van der Waals surface area contributed by atoms with Crippen molar-refractivity contribution in [2.75, 3.05) is 19.7 Å². The van der Waals surface area contributed by atoms with Crippen LogP contribution in [0.2, 0.25) is 0 Å². The summed E-state index contributed by atoms with van der Waals surface area (Å²) >= 11 is 0. The second-order valence-electron chi connectivity index (χ2n) is 4.77. The molecule has 2 aromatic heterocycles. The van der Waals surface area contributed by atoms with Gasteiger partial charge in [0.2, 0.25) is 0 Å². The van der Waals surface area contributed by atoms with Gasteiger partial charge in [-0.05, 0) is 18.2 Å². The minimum atomic E-state index is -1.07. The van der Waals surface area contributed by atoms with Gasteiger partial charge in [-0.2, -0.15) is 5.10 Å². The van der Waals surface area contributed by atoms with Crippen LogP contribution in [0.4, 0.5) is 0 Å². The minimum Gasteiger partial charge on any atom is -0.479 e. The lowest BCUT2D eigenvalue weighted by atomic mass is 10.2. The van der Waals surface area contributed by atoms with Crippen LogP contribution in [0.15, 0.2) is 36.8 Å². The van der Waals surface area contributed by atoms with Gasteiger partial charge in [-0.25, -0.2) is 14.5 Å². The Labute approximate surface area is 125 Å². The number of carboxylic acid groups (broad SMARTS) is 1. The summed E-state index contributed by atoms with van der Waals surface area (Å²) in [6, 6.07) is 5.05. The molecule has 0 bridgehead atoms. The summed E-state index contributed by atoms with van der Waals surface area (Å²) < 4.78 is 6.63. The number of carboxylic acids is 1. The maximum atomic E-state index is 12.7. The largest absolute Gasteiger partial charge is 0.479 e. The zero-order valence-electron chi connectivity index (χ0n) is 11.6. The van der Waals surface area contributed by atoms with E-state index in [0.717, 1.165) is 0 Å². The van der Waals surface area contributed by atoms with E-state index in [1.54, 1.807) is 36.8 Å². The third-order valence-electron chi connectivity index (χ3n) is 3.37. The summed E-state index contributed by atoms with van der Waals surface area (Å²) in [6.45, 7) is 0.553. The van der Waals surface area contributed by atoms with Gasteiger partial charge in [-0.3, -0.25) is 4.79 Å². The Kier molecular flexibility index (Phi) is 3.84. The molecule has 1 aliphatic rings. The Balaban J connectivity index is 1.88. The Morgan fingerprint density at radius 1 is 1.32 bits per heavy atom. The van der Waals surface area contributed by atoms with Crippen LogP contribution < -0.4 is 0 Å². The molecule has 0 saturated carbocycles. The Hall–Kier alpha value is -2.74. The van der Waals surface area contributed by atoms with Gasteiger partial charge in [-0.15, -0.1) is 0 Å². The summed E-state index contributed by atoms with van der Waals surface area (Å²) in [7, 11) is 0. The number of ether oxygens (including phenoxy) is 1. The first kappa shape index (κ1) is 14.2. The third-order valence-corrected chi connectivity index (χ3v) is 3.37. The maximum Gasteiger partial charge on any atom is 0.334 e. The van der Waals surface area contributed by atoms with E-state index in [1.807, 2.05) is 0 Å². The summed E-state index contributed by atoms with van der Waals surface area (Å²) in [5, 5.41) is 13.1. The topological polar surface area (TPSA) is 97.6 Å². The number of hydrogen-bond acceptors (Lipinski definition) is 5. The molecule has 0 aromatic carbocycles. The molecular formula is C14H14N4O4. The van der Waals surface area contributed by atoms with Gasteiger partial charge in [0.05, 0.1) is 18.7 Å². The molecule has 3 rings (SSSR count). The van der Waals surface area contributed by atoms with E-state index in [9.17, 15) is 9.59 Å². The quantitative estimate of drug-likeness (QED) is 0.869. The number of aliphatic carboxylic acids is 1. The zero-order chi connectivity index (χ0) is 15.5. The van der Waals surface area contributed by atoms with Crippen LogP contribution in [0.25, 0.3) is 5.82 Å². The van der Waals surface area contributed by atoms with Gasteiger partial charge in [-0.1, -0.05) is 0 Å². The van der Waals surface area contributed by atoms with E-state index in [2.05, 4.69) is 10.1 Å². The van der Waals surface area contributed by atoms with Gasteiger partial charge in [0.15, 0.2) is 11.9 Å². The summed E-state index contributed by atoms with van der Waals surface area (Å²) in [6.07, 6.45) is 3.87. The molecule has 22 heavy (non-hydrogen) atoms. The highest BCUT2D eigenvalue weighted by molar-refractivity contribution is 5.97. The first-order chi connectivity index (χ1) is 10.7. The highest BCUT2D eigenvalue weighted by atomic mass is 16.5. The molecule has 114 valence electrons. The van der Waals surface area contributed by atoms with E-state index in [0.29, 0.717) is 17.9 Å². The predicted molar refractivity (Wildman–Crippen MR) is 74.6 cm³/mol. The fourth-order valence-corrected chi connectivity index (χ4v) is 2.29. The van der Waals surface area contributed by atoms with Crippen molar-refractivity contribution < 1.29 is 19.4 Å². The van der Waals surface area contributed by atoms with Crippen LogP contribution in [-0.4, -0.2) is 62.4 Å². The zero-order valence-corrected chi connectivity index (χ0v) is 11.6. The van der Waals surface area contributed by atoms with Crippen molar-refractivity contribution in [3.05, 3.63) is 42.4 Å². The smallest absolute Gasteiger partial charge is 0.334 e. The number of rotatable bonds is 3. The molecule has 0 spiro atoms. The SMILES string of the molecule is O=C(O)[C@H]1CN(C(=O)c2cccnc2-n2cccn2)CCO1. The van der Waals surface area contributed by atoms with Crippen LogP contribution in [0, 0.1) is 0 Å². The Bertz CT molecular complexity index is 686. The average Bonchev–Trinajstić information content (AvgIpc) is 3.08. The minimum absolute atomic E-state index is 0.0155. The second-order valence-corrected chi connectivity index (χ2v) is 4.77. The van der Waals surface area contributed by atoms with Crippen LogP contribution in [-0.2, 0) is 9.53 Å². The van der Waals surface area contributed by atoms with E-state index in [1.165, 1.54) is 9.58 Å². The molecular weight excluding hydrogens is 288 g/mol. The molecule has 0 aliphatic carbocycles. The molecule has 3 heterocycles. The van der Waals surface area contributed by atoms with Gasteiger partial charge in [0.1, 0.15) is 0 Å². The highest BCUT2D eigenvalue weighted by Gasteiger charge is 2.30. The van der Waals surface area contributed by atoms with Crippen molar-refractivity contribution in [3.63, 3.8) is 0 Å². The molecule has 1 aliphatic heterocycles. The molecule has 8 nitrogen and oxygen atoms in total. The van der Waals surface area contributed by atoms with Crippen LogP contribution in [0.5, 0.6) is 0 Å². The lowest BCUT2D eigenvalue weighted by Crippen LogP contribution is -2.48. The first-order valence-electron chi connectivity index (χ1n) is 6.75. The van der Waals surface area contributed by atoms with Gasteiger partial charge in [0, 0.05) is 25.1 Å². The molecule has 1 atom stereocenters. The van der Waals surface area contributed by atoms with Crippen LogP contribution in [0.1, 0.15) is 10.4 Å². The standard InChI is InChI=1S/C14H14N4O4/c19-13(17-7-8-22-11(9-17)14(20)21)10-3-1-4-15-12(10)18-6-2-5-16-18/h1-6,11H,7-9H2,(H,20,21)/t11-/m1/s1. The molecule has 1 saturated heterocycles. The number of amides is 1. The third kappa shape index (κ3) is 2.68. The number of morpholine rings is 1. The van der Waals surface area contributed by atoms with E-state index >= 15 is 0 Å². The van der Waals surface area contributed by atoms with Gasteiger partial charge >= 0.3 is 5.97 Å². The molecule has 1 amide bonds. The first-order valence-corrected chi connectivity index (χ1v) is 6.75. The average molecular weight is 302 g/mol. The summed E-state index contributed by atoms with van der Waals surface area (Å²) in [4.78, 5) is 29.4. The monoisotopic (exact) mass is 302 g/mol. The van der Waals surface area contributed by atoms with E-state index in [-0.39, 0.29) is 19.1 Å². The molecule has 0 unspecified atom stereocenters. The fraction of sp³-hybridized carbons (Fsp3) is 0.286. The van der Waals surface area contributed by atoms with Gasteiger partial charge in [0.25, 0.3) is 5.91 Å². The van der Waals surface area contributed by atoms with Crippen LogP contribution >= 0.6 is 0 Å². The molecule has 1 N–H and O–H groups in total. The number of pyridine rings is 1. The van der Waals surface area contributed by atoms with Crippen molar-refractivity contribution in [2.24, 2.45) is 0 Å². The van der Waals surface area contributed by atoms with E-state index in [4.69, 9.17) is 9.84 Å². The number of carbonyl (C=O) groups is 2. The number of aromatic nitrogens is 3. The number of nitrogens with zero attached hydrogens (tertiary/aromatic N) is 4. The summed E-state index contributed by atoms with van der Waals surface area (Å²) in [5.74, 6) is -0.944. The predicted octanol–water partition coefficient (Wildman–Crippen LogP) is 0.193. The van der Waals surface area contributed by atoms with E-state index < -0.39 is 12.1 Å². The Morgan fingerprint density at radius 2 is 2.18 bits per heavy atom. The van der Waals surface area contributed by atoms with Crippen molar-refractivity contribution in [3.8, 4) is 5.82 Å². The van der Waals surface area contributed by atoms with Crippen LogP contribution in [0.3, 0.4) is 0 Å². The van der Waals surface area contributed by atoms with Crippen molar-refractivity contribution in [2.45, 2.75) is 6.10 Å². The lowest BCUT2D eigenvalue weighted by molar-refractivity contribution is -0.154. The second kappa shape index (κ2) is 5.94. The molecule has 1 fully saturated rings. The summed E-state index contributed by atoms with van der Waals surface area (Å²) in [5.41, 5.74) is 0.372. The molecule has 2 aromatic rings. The lowest BCUT2D eigenvalue weighted by Gasteiger charge is -2.31. The Morgan fingerprint density at radius 3 is 2.91 bits per heavy atom.